The normalized spacial score (nSPS) is 15.0. The Kier molecular flexibility index (Phi) is 3.83. The van der Waals surface area contributed by atoms with Crippen molar-refractivity contribution < 1.29 is 9.47 Å². The van der Waals surface area contributed by atoms with Crippen LogP contribution in [0.25, 0.3) is 0 Å². The van der Waals surface area contributed by atoms with Crippen LogP contribution in [0.5, 0.6) is 11.5 Å². The summed E-state index contributed by atoms with van der Waals surface area (Å²) in [5.41, 5.74) is 13.6. The van der Waals surface area contributed by atoms with Gasteiger partial charge in [0.05, 0.1) is 0 Å². The van der Waals surface area contributed by atoms with E-state index in [4.69, 9.17) is 20.9 Å². The Morgan fingerprint density at radius 2 is 2.06 bits per heavy atom. The minimum atomic E-state index is 0.00400. The largest absolute Gasteiger partial charge is 0.454 e. The van der Waals surface area contributed by atoms with Crippen molar-refractivity contribution in [2.24, 2.45) is 11.5 Å². The first-order chi connectivity index (χ1) is 8.20. The van der Waals surface area contributed by atoms with Gasteiger partial charge in [-0.05, 0) is 30.2 Å². The third-order valence-corrected chi connectivity index (χ3v) is 2.86. The fourth-order valence-electron chi connectivity index (χ4n) is 1.75. The van der Waals surface area contributed by atoms with E-state index in [2.05, 4.69) is 12.2 Å². The third-order valence-electron chi connectivity index (χ3n) is 2.86. The number of nitrogens with two attached hydrogens (primary N) is 2. The van der Waals surface area contributed by atoms with Gasteiger partial charge in [-0.15, -0.1) is 0 Å². The first kappa shape index (κ1) is 12.2. The molecule has 0 saturated heterocycles. The molecule has 5 heteroatoms. The van der Waals surface area contributed by atoms with Gasteiger partial charge in [-0.2, -0.15) is 0 Å². The van der Waals surface area contributed by atoms with E-state index in [1.54, 1.807) is 0 Å². The summed E-state index contributed by atoms with van der Waals surface area (Å²) in [6.45, 7) is 4.33. The Hall–Kier alpha value is -1.30. The van der Waals surface area contributed by atoms with Gasteiger partial charge in [0.2, 0.25) is 6.79 Å². The highest BCUT2D eigenvalue weighted by atomic mass is 16.7. The minimum absolute atomic E-state index is 0.00400. The summed E-state index contributed by atoms with van der Waals surface area (Å²) in [7, 11) is 0. The van der Waals surface area contributed by atoms with Crippen molar-refractivity contribution in [2.45, 2.75) is 19.5 Å². The first-order valence-electron chi connectivity index (χ1n) is 5.76. The van der Waals surface area contributed by atoms with Crippen LogP contribution in [0.4, 0.5) is 0 Å². The third kappa shape index (κ3) is 2.88. The molecule has 5 nitrogen and oxygen atoms in total. The van der Waals surface area contributed by atoms with Gasteiger partial charge in [-0.1, -0.05) is 0 Å². The molecule has 0 bridgehead atoms. The summed E-state index contributed by atoms with van der Waals surface area (Å²) >= 11 is 0. The van der Waals surface area contributed by atoms with Crippen molar-refractivity contribution in [3.8, 4) is 11.5 Å². The van der Waals surface area contributed by atoms with Crippen LogP contribution in [0.2, 0.25) is 0 Å². The number of fused-ring (bicyclic) bond motifs is 1. The highest BCUT2D eigenvalue weighted by Gasteiger charge is 2.15. The molecular weight excluding hydrogens is 218 g/mol. The van der Waals surface area contributed by atoms with E-state index >= 15 is 0 Å². The van der Waals surface area contributed by atoms with Crippen LogP contribution < -0.4 is 26.3 Å². The lowest BCUT2D eigenvalue weighted by atomic mass is 10.1. The van der Waals surface area contributed by atoms with Gasteiger partial charge in [-0.3, -0.25) is 0 Å². The summed E-state index contributed by atoms with van der Waals surface area (Å²) in [5, 5.41) is 3.28. The van der Waals surface area contributed by atoms with Crippen LogP contribution in [0.3, 0.4) is 0 Å². The number of ether oxygens (including phenoxy) is 2. The number of rotatable bonds is 5. The second-order valence-corrected chi connectivity index (χ2v) is 4.26. The van der Waals surface area contributed by atoms with E-state index in [0.29, 0.717) is 19.9 Å². The van der Waals surface area contributed by atoms with Crippen LogP contribution in [0.1, 0.15) is 11.1 Å². The molecule has 0 saturated carbocycles. The molecule has 0 radical (unpaired) electrons. The number of benzene rings is 1. The van der Waals surface area contributed by atoms with Gasteiger partial charge in [0.15, 0.2) is 11.5 Å². The molecule has 1 aromatic rings. The zero-order valence-electron chi connectivity index (χ0n) is 10.0. The van der Waals surface area contributed by atoms with E-state index < -0.39 is 0 Å². The zero-order valence-corrected chi connectivity index (χ0v) is 10.0. The van der Waals surface area contributed by atoms with Crippen molar-refractivity contribution in [1.82, 2.24) is 5.32 Å². The molecule has 1 aromatic carbocycles. The lowest BCUT2D eigenvalue weighted by Gasteiger charge is -2.12. The highest BCUT2D eigenvalue weighted by molar-refractivity contribution is 5.48. The maximum absolute atomic E-state index is 5.73. The van der Waals surface area contributed by atoms with Gasteiger partial charge in [-0.25, -0.2) is 0 Å². The monoisotopic (exact) mass is 237 g/mol. The van der Waals surface area contributed by atoms with Crippen LogP contribution >= 0.6 is 0 Å². The number of aryl methyl sites for hydroxylation is 1. The summed E-state index contributed by atoms with van der Waals surface area (Å²) in [6.07, 6.45) is 0. The molecule has 0 amide bonds. The molecule has 1 unspecified atom stereocenters. The fourth-order valence-corrected chi connectivity index (χ4v) is 1.75. The van der Waals surface area contributed by atoms with Gasteiger partial charge < -0.3 is 26.3 Å². The summed E-state index contributed by atoms with van der Waals surface area (Å²) in [6, 6.07) is 4.02. The second kappa shape index (κ2) is 5.35. The Balaban J connectivity index is 1.97. The Labute approximate surface area is 101 Å². The average molecular weight is 237 g/mol. The smallest absolute Gasteiger partial charge is 0.231 e. The lowest BCUT2D eigenvalue weighted by molar-refractivity contribution is 0.174. The van der Waals surface area contributed by atoms with Gasteiger partial charge in [0.25, 0.3) is 0 Å². The first-order valence-corrected chi connectivity index (χ1v) is 5.76. The average Bonchev–Trinajstić information content (AvgIpc) is 2.76. The van der Waals surface area contributed by atoms with Crippen molar-refractivity contribution in [3.63, 3.8) is 0 Å². The molecule has 1 heterocycles. The molecule has 0 aliphatic carbocycles. The van der Waals surface area contributed by atoms with E-state index in [1.165, 1.54) is 11.1 Å². The molecule has 1 atom stereocenters. The molecule has 17 heavy (non-hydrogen) atoms. The predicted octanol–water partition coefficient (Wildman–Crippen LogP) is 0.0993. The molecular formula is C12H19N3O2. The summed E-state index contributed by atoms with van der Waals surface area (Å²) in [4.78, 5) is 0. The Morgan fingerprint density at radius 1 is 1.35 bits per heavy atom. The number of nitrogens with one attached hydrogen (secondary N) is 1. The van der Waals surface area contributed by atoms with Crippen LogP contribution in [0, 0.1) is 6.92 Å². The SMILES string of the molecule is Cc1cc2c(cc1CNCC(N)CN)OCO2. The summed E-state index contributed by atoms with van der Waals surface area (Å²) < 4.78 is 10.7. The van der Waals surface area contributed by atoms with Crippen LogP contribution in [-0.2, 0) is 6.54 Å². The molecule has 5 N–H and O–H groups in total. The van der Waals surface area contributed by atoms with Crippen LogP contribution in [-0.4, -0.2) is 25.9 Å². The molecule has 1 aliphatic heterocycles. The van der Waals surface area contributed by atoms with E-state index in [-0.39, 0.29) is 6.04 Å². The molecule has 0 spiro atoms. The maximum Gasteiger partial charge on any atom is 0.231 e. The van der Waals surface area contributed by atoms with E-state index in [9.17, 15) is 0 Å². The Morgan fingerprint density at radius 3 is 2.76 bits per heavy atom. The summed E-state index contributed by atoms with van der Waals surface area (Å²) in [5.74, 6) is 1.64. The number of hydrogen-bond acceptors (Lipinski definition) is 5. The lowest BCUT2D eigenvalue weighted by Crippen LogP contribution is -2.39. The quantitative estimate of drug-likeness (QED) is 0.676. The minimum Gasteiger partial charge on any atom is -0.454 e. The molecule has 94 valence electrons. The van der Waals surface area contributed by atoms with Crippen molar-refractivity contribution in [2.75, 3.05) is 19.9 Å². The zero-order chi connectivity index (χ0) is 12.3. The van der Waals surface area contributed by atoms with Crippen LogP contribution in [0.15, 0.2) is 12.1 Å². The Bertz CT molecular complexity index is 396. The van der Waals surface area contributed by atoms with Crippen molar-refractivity contribution in [1.29, 1.82) is 0 Å². The van der Waals surface area contributed by atoms with Crippen molar-refractivity contribution >= 4 is 0 Å². The maximum atomic E-state index is 5.73. The topological polar surface area (TPSA) is 82.5 Å². The van der Waals surface area contributed by atoms with E-state index in [1.807, 2.05) is 12.1 Å². The highest BCUT2D eigenvalue weighted by Crippen LogP contribution is 2.34. The molecule has 2 rings (SSSR count). The molecule has 0 fully saturated rings. The second-order valence-electron chi connectivity index (χ2n) is 4.26. The van der Waals surface area contributed by atoms with Gasteiger partial charge >= 0.3 is 0 Å². The molecule has 0 aromatic heterocycles. The fraction of sp³-hybridized carbons (Fsp3) is 0.500. The van der Waals surface area contributed by atoms with Crippen molar-refractivity contribution in [3.05, 3.63) is 23.3 Å². The van der Waals surface area contributed by atoms with Gasteiger partial charge in [0.1, 0.15) is 0 Å². The predicted molar refractivity (Wildman–Crippen MR) is 66.0 cm³/mol. The number of hydrogen-bond donors (Lipinski definition) is 3. The van der Waals surface area contributed by atoms with E-state index in [0.717, 1.165) is 18.0 Å². The van der Waals surface area contributed by atoms with Gasteiger partial charge in [0, 0.05) is 25.7 Å². The standard InChI is InChI=1S/C12H19N3O2/c1-8-2-11-12(17-7-16-11)3-9(8)5-15-6-10(14)4-13/h2-3,10,15H,4-7,13-14H2,1H3. The molecule has 1 aliphatic rings.